The fraction of sp³-hybridized carbons (Fsp3) is 0.471. The van der Waals surface area contributed by atoms with Crippen LogP contribution in [-0.2, 0) is 11.2 Å². The van der Waals surface area contributed by atoms with E-state index in [1.54, 1.807) is 6.07 Å². The maximum absolute atomic E-state index is 12.4. The molecule has 2 amide bonds. The summed E-state index contributed by atoms with van der Waals surface area (Å²) in [6.07, 6.45) is 2.39. The average Bonchev–Trinajstić information content (AvgIpc) is 3.28. The Morgan fingerprint density at radius 1 is 1.32 bits per heavy atom. The van der Waals surface area contributed by atoms with E-state index in [9.17, 15) is 9.59 Å². The Morgan fingerprint density at radius 2 is 2.12 bits per heavy atom. The van der Waals surface area contributed by atoms with E-state index in [0.717, 1.165) is 32.5 Å². The molecule has 1 fully saturated rings. The quantitative estimate of drug-likeness (QED) is 0.810. The first-order valence-corrected chi connectivity index (χ1v) is 10.1. The van der Waals surface area contributed by atoms with Crippen molar-refractivity contribution in [1.82, 2.24) is 15.2 Å². The lowest BCUT2D eigenvalue weighted by atomic mass is 9.96. The number of piperidine rings is 1. The SMILES string of the molecule is CNCC1CCN(C(=O)Cc2csc(NC(=O)c3cccs3)n2)CC1. The molecule has 0 radical (unpaired) electrons. The van der Waals surface area contributed by atoms with Crippen LogP contribution in [0.5, 0.6) is 0 Å². The first-order valence-electron chi connectivity index (χ1n) is 8.37. The molecule has 0 bridgehead atoms. The Morgan fingerprint density at radius 3 is 2.80 bits per heavy atom. The minimum Gasteiger partial charge on any atom is -0.342 e. The van der Waals surface area contributed by atoms with Crippen molar-refractivity contribution in [2.45, 2.75) is 19.3 Å². The van der Waals surface area contributed by atoms with Crippen molar-refractivity contribution in [3.8, 4) is 0 Å². The summed E-state index contributed by atoms with van der Waals surface area (Å²) in [6.45, 7) is 2.65. The van der Waals surface area contributed by atoms with Crippen molar-refractivity contribution in [3.05, 3.63) is 33.5 Å². The Labute approximate surface area is 155 Å². The maximum atomic E-state index is 12.4. The van der Waals surface area contributed by atoms with Gasteiger partial charge < -0.3 is 10.2 Å². The van der Waals surface area contributed by atoms with Gasteiger partial charge in [-0.2, -0.15) is 0 Å². The summed E-state index contributed by atoms with van der Waals surface area (Å²) in [5.41, 5.74) is 0.717. The van der Waals surface area contributed by atoms with Gasteiger partial charge in [-0.25, -0.2) is 4.98 Å². The molecule has 8 heteroatoms. The molecule has 1 aliphatic rings. The number of likely N-dealkylation sites (tertiary alicyclic amines) is 1. The minimum absolute atomic E-state index is 0.115. The van der Waals surface area contributed by atoms with Crippen molar-refractivity contribution >= 4 is 39.6 Å². The summed E-state index contributed by atoms with van der Waals surface area (Å²) in [5.74, 6) is 0.616. The van der Waals surface area contributed by atoms with Gasteiger partial charge in [0.2, 0.25) is 5.91 Å². The van der Waals surface area contributed by atoms with E-state index < -0.39 is 0 Å². The highest BCUT2D eigenvalue weighted by Crippen LogP contribution is 2.20. The van der Waals surface area contributed by atoms with E-state index in [1.165, 1.54) is 22.7 Å². The van der Waals surface area contributed by atoms with Gasteiger partial charge in [0, 0.05) is 18.5 Å². The van der Waals surface area contributed by atoms with E-state index >= 15 is 0 Å². The Kier molecular flexibility index (Phi) is 6.17. The highest BCUT2D eigenvalue weighted by atomic mass is 32.1. The number of hydrogen-bond acceptors (Lipinski definition) is 6. The van der Waals surface area contributed by atoms with E-state index in [0.29, 0.717) is 28.0 Å². The summed E-state index contributed by atoms with van der Waals surface area (Å²) < 4.78 is 0. The number of anilines is 1. The monoisotopic (exact) mass is 378 g/mol. The van der Waals surface area contributed by atoms with Crippen molar-refractivity contribution < 1.29 is 9.59 Å². The second kappa shape index (κ2) is 8.55. The number of carbonyl (C=O) groups is 2. The molecule has 2 N–H and O–H groups in total. The fourth-order valence-corrected chi connectivity index (χ4v) is 4.28. The summed E-state index contributed by atoms with van der Waals surface area (Å²) in [4.78, 5) is 31.4. The number of thiazole rings is 1. The summed E-state index contributed by atoms with van der Waals surface area (Å²) in [5, 5.41) is 10.2. The molecule has 0 atom stereocenters. The number of nitrogens with zero attached hydrogens (tertiary/aromatic N) is 2. The van der Waals surface area contributed by atoms with Crippen molar-refractivity contribution in [2.24, 2.45) is 5.92 Å². The van der Waals surface area contributed by atoms with Crippen LogP contribution in [0.4, 0.5) is 5.13 Å². The highest BCUT2D eigenvalue weighted by Gasteiger charge is 2.23. The Bertz CT molecular complexity index is 706. The third kappa shape index (κ3) is 4.87. The molecule has 6 nitrogen and oxygen atoms in total. The summed E-state index contributed by atoms with van der Waals surface area (Å²) >= 11 is 2.74. The van der Waals surface area contributed by atoms with Crippen LogP contribution in [0.3, 0.4) is 0 Å². The highest BCUT2D eigenvalue weighted by molar-refractivity contribution is 7.14. The van der Waals surface area contributed by atoms with Gasteiger partial charge in [-0.05, 0) is 43.8 Å². The molecule has 3 rings (SSSR count). The second-order valence-corrected chi connectivity index (χ2v) is 7.94. The smallest absolute Gasteiger partial charge is 0.267 e. The zero-order chi connectivity index (χ0) is 17.6. The lowest BCUT2D eigenvalue weighted by Crippen LogP contribution is -2.41. The van der Waals surface area contributed by atoms with Gasteiger partial charge in [0.05, 0.1) is 17.0 Å². The van der Waals surface area contributed by atoms with E-state index in [2.05, 4.69) is 15.6 Å². The third-order valence-electron chi connectivity index (χ3n) is 4.31. The number of aromatic nitrogens is 1. The molecule has 1 saturated heterocycles. The van der Waals surface area contributed by atoms with Gasteiger partial charge in [-0.1, -0.05) is 6.07 Å². The maximum Gasteiger partial charge on any atom is 0.267 e. The standard InChI is InChI=1S/C17H22N4O2S2/c1-18-10-12-4-6-21(7-5-12)15(22)9-13-11-25-17(19-13)20-16(23)14-3-2-8-24-14/h2-3,8,11-12,18H,4-7,9-10H2,1H3,(H,19,20,23). The van der Waals surface area contributed by atoms with Crippen LogP contribution in [0.2, 0.25) is 0 Å². The van der Waals surface area contributed by atoms with Gasteiger partial charge >= 0.3 is 0 Å². The van der Waals surface area contributed by atoms with Gasteiger partial charge in [0.15, 0.2) is 5.13 Å². The van der Waals surface area contributed by atoms with Gasteiger partial charge in [-0.15, -0.1) is 22.7 Å². The predicted octanol–water partition coefficient (Wildman–Crippen LogP) is 2.46. The molecule has 25 heavy (non-hydrogen) atoms. The lowest BCUT2D eigenvalue weighted by molar-refractivity contribution is -0.131. The van der Waals surface area contributed by atoms with Crippen molar-refractivity contribution in [3.63, 3.8) is 0 Å². The number of thiophene rings is 1. The van der Waals surface area contributed by atoms with Crippen LogP contribution >= 0.6 is 22.7 Å². The van der Waals surface area contributed by atoms with Gasteiger partial charge in [0.25, 0.3) is 5.91 Å². The minimum atomic E-state index is -0.158. The largest absolute Gasteiger partial charge is 0.342 e. The number of rotatable bonds is 6. The molecule has 0 unspecified atom stereocenters. The molecule has 0 aromatic carbocycles. The molecule has 134 valence electrons. The lowest BCUT2D eigenvalue weighted by Gasteiger charge is -2.31. The second-order valence-electron chi connectivity index (χ2n) is 6.13. The molecule has 2 aromatic rings. The zero-order valence-electron chi connectivity index (χ0n) is 14.2. The normalized spacial score (nSPS) is 15.3. The number of nitrogens with one attached hydrogen (secondary N) is 2. The molecular formula is C17H22N4O2S2. The first kappa shape index (κ1) is 18.0. The van der Waals surface area contributed by atoms with Gasteiger partial charge in [0.1, 0.15) is 0 Å². The molecule has 0 spiro atoms. The van der Waals surface area contributed by atoms with Crippen LogP contribution in [0.15, 0.2) is 22.9 Å². The van der Waals surface area contributed by atoms with Crippen molar-refractivity contribution in [1.29, 1.82) is 0 Å². The summed E-state index contributed by atoms with van der Waals surface area (Å²) in [6, 6.07) is 3.61. The van der Waals surface area contributed by atoms with Gasteiger partial charge in [-0.3, -0.25) is 14.9 Å². The van der Waals surface area contributed by atoms with Crippen LogP contribution in [-0.4, -0.2) is 48.4 Å². The van der Waals surface area contributed by atoms with Crippen LogP contribution in [0, 0.1) is 5.92 Å². The first-order chi connectivity index (χ1) is 12.2. The topological polar surface area (TPSA) is 74.3 Å². The Hall–Kier alpha value is -1.77. The molecule has 3 heterocycles. The summed E-state index contributed by atoms with van der Waals surface area (Å²) in [7, 11) is 1.97. The molecule has 0 saturated carbocycles. The molecule has 1 aliphatic heterocycles. The van der Waals surface area contributed by atoms with E-state index in [4.69, 9.17) is 0 Å². The molecular weight excluding hydrogens is 356 g/mol. The van der Waals surface area contributed by atoms with Crippen molar-refractivity contribution in [2.75, 3.05) is 32.0 Å². The fourth-order valence-electron chi connectivity index (χ4n) is 2.95. The number of carbonyl (C=O) groups excluding carboxylic acids is 2. The number of hydrogen-bond donors (Lipinski definition) is 2. The predicted molar refractivity (Wildman–Crippen MR) is 101 cm³/mol. The zero-order valence-corrected chi connectivity index (χ0v) is 15.8. The average molecular weight is 379 g/mol. The van der Waals surface area contributed by atoms with E-state index in [-0.39, 0.29) is 11.8 Å². The Balaban J connectivity index is 1.49. The van der Waals surface area contributed by atoms with E-state index in [1.807, 2.05) is 28.8 Å². The van der Waals surface area contributed by atoms with Crippen LogP contribution < -0.4 is 10.6 Å². The number of amides is 2. The molecule has 0 aliphatic carbocycles. The molecule has 2 aromatic heterocycles. The van der Waals surface area contributed by atoms with Crippen LogP contribution in [0.1, 0.15) is 28.2 Å². The van der Waals surface area contributed by atoms with Crippen LogP contribution in [0.25, 0.3) is 0 Å². The third-order valence-corrected chi connectivity index (χ3v) is 5.98.